The Balaban J connectivity index is 2.59. The fraction of sp³-hybridized carbons (Fsp3) is 0.583. The smallest absolute Gasteiger partial charge is 0.292 e. The van der Waals surface area contributed by atoms with Crippen molar-refractivity contribution in [3.05, 3.63) is 28.7 Å². The molecule has 0 atom stereocenters. The predicted octanol–water partition coefficient (Wildman–Crippen LogP) is 1.41. The maximum atomic E-state index is 11.7. The third kappa shape index (κ3) is 3.70. The molecule has 90 valence electrons. The number of aliphatic hydroxyl groups is 1. The number of hydrogen-bond acceptors (Lipinski definition) is 3. The summed E-state index contributed by atoms with van der Waals surface area (Å²) in [4.78, 5) is 11.7. The zero-order valence-corrected chi connectivity index (χ0v) is 9.69. The lowest BCUT2D eigenvalue weighted by molar-refractivity contribution is 0.268. The Morgan fingerprint density at radius 2 is 2.25 bits per heavy atom. The minimum Gasteiger partial charge on any atom is -0.488 e. The number of rotatable bonds is 7. The molecule has 1 N–H and O–H groups in total. The average Bonchev–Trinajstić information content (AvgIpc) is 2.29. The number of ether oxygens (including phenoxy) is 1. The Morgan fingerprint density at radius 3 is 2.94 bits per heavy atom. The van der Waals surface area contributed by atoms with Crippen LogP contribution in [0.4, 0.5) is 0 Å². The van der Waals surface area contributed by atoms with Crippen LogP contribution in [0.3, 0.4) is 0 Å². The normalized spacial score (nSPS) is 10.4. The van der Waals surface area contributed by atoms with Gasteiger partial charge in [-0.15, -0.1) is 0 Å². The molecule has 0 aliphatic heterocycles. The molecule has 1 aromatic rings. The maximum Gasteiger partial charge on any atom is 0.292 e. The molecule has 0 aliphatic rings. The molecule has 1 heterocycles. The maximum absolute atomic E-state index is 11.7. The van der Waals surface area contributed by atoms with Gasteiger partial charge in [-0.05, 0) is 18.6 Å². The van der Waals surface area contributed by atoms with Crippen LogP contribution in [0.25, 0.3) is 0 Å². The largest absolute Gasteiger partial charge is 0.488 e. The molecule has 16 heavy (non-hydrogen) atoms. The lowest BCUT2D eigenvalue weighted by Gasteiger charge is -2.08. The second-order valence-electron chi connectivity index (χ2n) is 3.65. The molecule has 0 radical (unpaired) electrons. The van der Waals surface area contributed by atoms with Gasteiger partial charge in [0, 0.05) is 12.7 Å². The lowest BCUT2D eigenvalue weighted by Crippen LogP contribution is -2.22. The highest BCUT2D eigenvalue weighted by atomic mass is 16.5. The van der Waals surface area contributed by atoms with Crippen LogP contribution in [0.1, 0.15) is 26.2 Å². The first-order valence-corrected chi connectivity index (χ1v) is 5.72. The molecule has 0 aromatic carbocycles. The van der Waals surface area contributed by atoms with Crippen molar-refractivity contribution in [1.29, 1.82) is 0 Å². The number of aliphatic hydroxyl groups excluding tert-OH is 1. The average molecular weight is 225 g/mol. The van der Waals surface area contributed by atoms with E-state index in [0.29, 0.717) is 18.9 Å². The predicted molar refractivity (Wildman–Crippen MR) is 62.8 cm³/mol. The van der Waals surface area contributed by atoms with Crippen molar-refractivity contribution in [3.8, 4) is 5.75 Å². The summed E-state index contributed by atoms with van der Waals surface area (Å²) in [5.41, 5.74) is -0.173. The van der Waals surface area contributed by atoms with E-state index in [1.165, 1.54) is 4.57 Å². The second kappa shape index (κ2) is 7.06. The van der Waals surface area contributed by atoms with Gasteiger partial charge in [0.15, 0.2) is 5.75 Å². The van der Waals surface area contributed by atoms with Crippen molar-refractivity contribution in [2.75, 3.05) is 13.2 Å². The van der Waals surface area contributed by atoms with E-state index in [4.69, 9.17) is 9.84 Å². The molecule has 0 unspecified atom stereocenters. The molecule has 0 aliphatic carbocycles. The summed E-state index contributed by atoms with van der Waals surface area (Å²) >= 11 is 0. The zero-order chi connectivity index (χ0) is 11.8. The van der Waals surface area contributed by atoms with Crippen molar-refractivity contribution in [2.24, 2.45) is 0 Å². The summed E-state index contributed by atoms with van der Waals surface area (Å²) in [6, 6.07) is 3.42. The Labute approximate surface area is 95.5 Å². The van der Waals surface area contributed by atoms with Crippen molar-refractivity contribution in [3.63, 3.8) is 0 Å². The van der Waals surface area contributed by atoms with Crippen molar-refractivity contribution >= 4 is 0 Å². The molecule has 1 aromatic heterocycles. The number of nitrogens with zero attached hydrogens (tertiary/aromatic N) is 1. The molecular formula is C12H19NO3. The van der Waals surface area contributed by atoms with Gasteiger partial charge in [-0.2, -0.15) is 0 Å². The number of pyridine rings is 1. The van der Waals surface area contributed by atoms with Gasteiger partial charge < -0.3 is 14.4 Å². The number of aromatic nitrogens is 1. The van der Waals surface area contributed by atoms with E-state index in [1.54, 1.807) is 18.3 Å². The standard InChI is InChI=1S/C12H19NO3/c1-2-3-4-10-16-11-6-5-7-13(8-9-14)12(11)15/h5-7,14H,2-4,8-10H2,1H3. The Bertz CT molecular complexity index is 360. The summed E-state index contributed by atoms with van der Waals surface area (Å²) in [5, 5.41) is 8.78. The molecule has 0 bridgehead atoms. The van der Waals surface area contributed by atoms with Gasteiger partial charge in [0.2, 0.25) is 0 Å². The van der Waals surface area contributed by atoms with Crippen LogP contribution < -0.4 is 10.3 Å². The summed E-state index contributed by atoms with van der Waals surface area (Å²) < 4.78 is 6.86. The van der Waals surface area contributed by atoms with Gasteiger partial charge in [0.25, 0.3) is 5.56 Å². The topological polar surface area (TPSA) is 51.5 Å². The zero-order valence-electron chi connectivity index (χ0n) is 9.69. The lowest BCUT2D eigenvalue weighted by atomic mass is 10.3. The summed E-state index contributed by atoms with van der Waals surface area (Å²) in [5.74, 6) is 0.368. The van der Waals surface area contributed by atoms with Crippen LogP contribution in [-0.2, 0) is 6.54 Å². The Hall–Kier alpha value is -1.29. The van der Waals surface area contributed by atoms with E-state index in [1.807, 2.05) is 0 Å². The highest BCUT2D eigenvalue weighted by molar-refractivity contribution is 5.17. The quantitative estimate of drug-likeness (QED) is 0.714. The van der Waals surface area contributed by atoms with Gasteiger partial charge in [0.1, 0.15) is 0 Å². The fourth-order valence-corrected chi connectivity index (χ4v) is 1.44. The van der Waals surface area contributed by atoms with Crippen LogP contribution in [0.15, 0.2) is 23.1 Å². The monoisotopic (exact) mass is 225 g/mol. The van der Waals surface area contributed by atoms with Gasteiger partial charge in [-0.3, -0.25) is 4.79 Å². The third-order valence-corrected chi connectivity index (χ3v) is 2.33. The Morgan fingerprint density at radius 1 is 1.44 bits per heavy atom. The van der Waals surface area contributed by atoms with E-state index >= 15 is 0 Å². The molecular weight excluding hydrogens is 206 g/mol. The molecule has 4 heteroatoms. The SMILES string of the molecule is CCCCCOc1cccn(CCO)c1=O. The molecule has 0 spiro atoms. The van der Waals surface area contributed by atoms with E-state index in [2.05, 4.69) is 6.92 Å². The first kappa shape index (κ1) is 12.8. The molecule has 0 saturated heterocycles. The summed E-state index contributed by atoms with van der Waals surface area (Å²) in [6.07, 6.45) is 4.85. The molecule has 0 fully saturated rings. The summed E-state index contributed by atoms with van der Waals surface area (Å²) in [7, 11) is 0. The third-order valence-electron chi connectivity index (χ3n) is 2.33. The first-order chi connectivity index (χ1) is 7.79. The minimum atomic E-state index is -0.173. The molecule has 0 amide bonds. The van der Waals surface area contributed by atoms with Crippen LogP contribution >= 0.6 is 0 Å². The van der Waals surface area contributed by atoms with E-state index in [0.717, 1.165) is 19.3 Å². The van der Waals surface area contributed by atoms with Crippen molar-refractivity contribution in [2.45, 2.75) is 32.7 Å². The minimum absolute atomic E-state index is 0.0425. The molecule has 4 nitrogen and oxygen atoms in total. The van der Waals surface area contributed by atoms with E-state index in [-0.39, 0.29) is 12.2 Å². The highest BCUT2D eigenvalue weighted by Gasteiger charge is 2.03. The first-order valence-electron chi connectivity index (χ1n) is 5.72. The number of unbranched alkanes of at least 4 members (excludes halogenated alkanes) is 2. The van der Waals surface area contributed by atoms with Crippen LogP contribution in [0.5, 0.6) is 5.75 Å². The molecule has 0 saturated carbocycles. The highest BCUT2D eigenvalue weighted by Crippen LogP contribution is 2.03. The van der Waals surface area contributed by atoms with Gasteiger partial charge >= 0.3 is 0 Å². The van der Waals surface area contributed by atoms with Crippen LogP contribution in [-0.4, -0.2) is 22.9 Å². The summed E-state index contributed by atoms with van der Waals surface area (Å²) in [6.45, 7) is 2.97. The van der Waals surface area contributed by atoms with Gasteiger partial charge in [-0.1, -0.05) is 19.8 Å². The van der Waals surface area contributed by atoms with Crippen molar-refractivity contribution in [1.82, 2.24) is 4.57 Å². The Kier molecular flexibility index (Phi) is 5.64. The van der Waals surface area contributed by atoms with E-state index in [9.17, 15) is 4.79 Å². The second-order valence-corrected chi connectivity index (χ2v) is 3.65. The number of hydrogen-bond donors (Lipinski definition) is 1. The fourth-order valence-electron chi connectivity index (χ4n) is 1.44. The van der Waals surface area contributed by atoms with Crippen molar-refractivity contribution < 1.29 is 9.84 Å². The van der Waals surface area contributed by atoms with Crippen LogP contribution in [0, 0.1) is 0 Å². The van der Waals surface area contributed by atoms with Gasteiger partial charge in [-0.25, -0.2) is 0 Å². The van der Waals surface area contributed by atoms with E-state index < -0.39 is 0 Å². The van der Waals surface area contributed by atoms with Gasteiger partial charge in [0.05, 0.1) is 13.2 Å². The van der Waals surface area contributed by atoms with Crippen LogP contribution in [0.2, 0.25) is 0 Å². The molecule has 1 rings (SSSR count).